The van der Waals surface area contributed by atoms with E-state index in [0.717, 1.165) is 51.0 Å². The standard InChI is InChI=1S/C24H32N4O2.HI/c1-24(2)16-21(20-6-4-5-7-22(20)30-24)27-23(25-3)26-17-18-8-10-19(11-9-18)28-12-14-29-15-13-28;/h4-11,21H,12-17H2,1-3H3,(H2,25,26,27);1H. The van der Waals surface area contributed by atoms with Crippen molar-refractivity contribution < 1.29 is 9.47 Å². The lowest BCUT2D eigenvalue weighted by Gasteiger charge is -2.38. The highest BCUT2D eigenvalue weighted by Gasteiger charge is 2.33. The molecule has 0 radical (unpaired) electrons. The molecule has 6 nitrogen and oxygen atoms in total. The number of para-hydroxylation sites is 1. The molecule has 2 heterocycles. The average molecular weight is 536 g/mol. The van der Waals surface area contributed by atoms with E-state index in [1.54, 1.807) is 0 Å². The van der Waals surface area contributed by atoms with Crippen molar-refractivity contribution in [2.24, 2.45) is 4.99 Å². The number of rotatable bonds is 4. The summed E-state index contributed by atoms with van der Waals surface area (Å²) >= 11 is 0. The zero-order valence-corrected chi connectivity index (χ0v) is 20.9. The second kappa shape index (κ2) is 10.5. The van der Waals surface area contributed by atoms with Crippen LogP contribution in [0.5, 0.6) is 5.75 Å². The van der Waals surface area contributed by atoms with E-state index in [1.165, 1.54) is 16.8 Å². The van der Waals surface area contributed by atoms with Crippen LogP contribution >= 0.6 is 24.0 Å². The number of hydrogen-bond acceptors (Lipinski definition) is 4. The number of ether oxygens (including phenoxy) is 2. The number of nitrogens with zero attached hydrogens (tertiary/aromatic N) is 2. The van der Waals surface area contributed by atoms with Crippen molar-refractivity contribution in [3.63, 3.8) is 0 Å². The van der Waals surface area contributed by atoms with Gasteiger partial charge in [0.25, 0.3) is 0 Å². The third-order valence-corrected chi connectivity index (χ3v) is 5.68. The number of guanidine groups is 1. The van der Waals surface area contributed by atoms with E-state index in [0.29, 0.717) is 0 Å². The zero-order valence-electron chi connectivity index (χ0n) is 18.6. The molecule has 1 unspecified atom stereocenters. The molecule has 2 aliphatic rings. The van der Waals surface area contributed by atoms with Crippen LogP contribution in [0.2, 0.25) is 0 Å². The van der Waals surface area contributed by atoms with Crippen LogP contribution < -0.4 is 20.3 Å². The number of nitrogens with one attached hydrogen (secondary N) is 2. The minimum Gasteiger partial charge on any atom is -0.487 e. The van der Waals surface area contributed by atoms with Gasteiger partial charge in [0, 0.05) is 44.4 Å². The molecule has 0 saturated carbocycles. The molecule has 2 aromatic carbocycles. The van der Waals surface area contributed by atoms with Crippen molar-refractivity contribution in [1.82, 2.24) is 10.6 Å². The van der Waals surface area contributed by atoms with Crippen molar-refractivity contribution in [2.45, 2.75) is 38.5 Å². The van der Waals surface area contributed by atoms with Crippen molar-refractivity contribution in [2.75, 3.05) is 38.3 Å². The van der Waals surface area contributed by atoms with Crippen molar-refractivity contribution in [3.8, 4) is 5.75 Å². The Bertz CT molecular complexity index is 879. The second-order valence-electron chi connectivity index (χ2n) is 8.49. The van der Waals surface area contributed by atoms with E-state index in [9.17, 15) is 0 Å². The zero-order chi connectivity index (χ0) is 21.0. The van der Waals surface area contributed by atoms with Crippen molar-refractivity contribution in [3.05, 3.63) is 59.7 Å². The van der Waals surface area contributed by atoms with Crippen LogP contribution in [0.3, 0.4) is 0 Å². The largest absolute Gasteiger partial charge is 0.487 e. The predicted molar refractivity (Wildman–Crippen MR) is 137 cm³/mol. The maximum atomic E-state index is 6.14. The van der Waals surface area contributed by atoms with Gasteiger partial charge in [-0.1, -0.05) is 30.3 Å². The van der Waals surface area contributed by atoms with Crippen LogP contribution in [0.1, 0.15) is 37.4 Å². The number of hydrogen-bond donors (Lipinski definition) is 2. The summed E-state index contributed by atoms with van der Waals surface area (Å²) < 4.78 is 11.6. The van der Waals surface area contributed by atoms with Crippen LogP contribution in [-0.4, -0.2) is 44.9 Å². The second-order valence-corrected chi connectivity index (χ2v) is 8.49. The summed E-state index contributed by atoms with van der Waals surface area (Å²) in [5.41, 5.74) is 3.43. The Morgan fingerprint density at radius 3 is 2.52 bits per heavy atom. The topological polar surface area (TPSA) is 58.1 Å². The molecule has 1 fully saturated rings. The highest BCUT2D eigenvalue weighted by atomic mass is 127. The van der Waals surface area contributed by atoms with Gasteiger partial charge in [-0.2, -0.15) is 0 Å². The maximum absolute atomic E-state index is 6.14. The third-order valence-electron chi connectivity index (χ3n) is 5.68. The van der Waals surface area contributed by atoms with Gasteiger partial charge >= 0.3 is 0 Å². The van der Waals surface area contributed by atoms with Gasteiger partial charge in [0.15, 0.2) is 5.96 Å². The van der Waals surface area contributed by atoms with Crippen LogP contribution in [0.4, 0.5) is 5.69 Å². The van der Waals surface area contributed by atoms with E-state index < -0.39 is 0 Å². The maximum Gasteiger partial charge on any atom is 0.191 e. The smallest absolute Gasteiger partial charge is 0.191 e. The fourth-order valence-corrected chi connectivity index (χ4v) is 4.12. The number of halogens is 1. The molecule has 0 amide bonds. The summed E-state index contributed by atoms with van der Waals surface area (Å²) in [7, 11) is 1.81. The molecule has 31 heavy (non-hydrogen) atoms. The molecule has 0 aromatic heterocycles. The van der Waals surface area contributed by atoms with E-state index in [4.69, 9.17) is 9.47 Å². The first-order valence-corrected chi connectivity index (χ1v) is 10.7. The lowest BCUT2D eigenvalue weighted by atomic mass is 9.90. The third kappa shape index (κ3) is 6.04. The summed E-state index contributed by atoms with van der Waals surface area (Å²) in [5.74, 6) is 1.74. The highest BCUT2D eigenvalue weighted by molar-refractivity contribution is 14.0. The lowest BCUT2D eigenvalue weighted by Crippen LogP contribution is -2.45. The van der Waals surface area contributed by atoms with E-state index >= 15 is 0 Å². The average Bonchev–Trinajstić information content (AvgIpc) is 2.76. The summed E-state index contributed by atoms with van der Waals surface area (Å²) in [5, 5.41) is 7.04. The van der Waals surface area contributed by atoms with Gasteiger partial charge in [-0.25, -0.2) is 0 Å². The van der Waals surface area contributed by atoms with E-state index in [2.05, 4.69) is 70.8 Å². The molecule has 2 aliphatic heterocycles. The minimum atomic E-state index is -0.222. The molecular formula is C24H33IN4O2. The van der Waals surface area contributed by atoms with Crippen LogP contribution in [0.15, 0.2) is 53.5 Å². The summed E-state index contributed by atoms with van der Waals surface area (Å²) in [6, 6.07) is 17.1. The Labute approximate surface area is 202 Å². The molecule has 1 saturated heterocycles. The normalized spacial score (nSPS) is 20.2. The molecule has 168 valence electrons. The van der Waals surface area contributed by atoms with Crippen molar-refractivity contribution >= 4 is 35.6 Å². The Morgan fingerprint density at radius 1 is 1.10 bits per heavy atom. The molecule has 0 aliphatic carbocycles. The molecule has 0 bridgehead atoms. The molecule has 1 atom stereocenters. The molecule has 0 spiro atoms. The molecule has 4 rings (SSSR count). The monoisotopic (exact) mass is 536 g/mol. The first kappa shape index (κ1) is 23.7. The summed E-state index contributed by atoms with van der Waals surface area (Å²) in [6.45, 7) is 8.49. The Balaban J connectivity index is 0.00000272. The lowest BCUT2D eigenvalue weighted by molar-refractivity contribution is 0.0694. The molecule has 2 N–H and O–H groups in total. The van der Waals surface area contributed by atoms with Crippen LogP contribution in [0, 0.1) is 0 Å². The van der Waals surface area contributed by atoms with Gasteiger partial charge in [0.05, 0.1) is 19.3 Å². The van der Waals surface area contributed by atoms with E-state index in [-0.39, 0.29) is 35.6 Å². The number of benzene rings is 2. The Hall–Kier alpha value is -2.00. The van der Waals surface area contributed by atoms with E-state index in [1.807, 2.05) is 19.2 Å². The van der Waals surface area contributed by atoms with Crippen LogP contribution in [-0.2, 0) is 11.3 Å². The van der Waals surface area contributed by atoms with Gasteiger partial charge in [-0.3, -0.25) is 4.99 Å². The summed E-state index contributed by atoms with van der Waals surface area (Å²) in [6.07, 6.45) is 0.874. The highest BCUT2D eigenvalue weighted by Crippen LogP contribution is 2.39. The van der Waals surface area contributed by atoms with Gasteiger partial charge in [0.1, 0.15) is 11.4 Å². The summed E-state index contributed by atoms with van der Waals surface area (Å²) in [4.78, 5) is 6.81. The molecular weight excluding hydrogens is 503 g/mol. The number of anilines is 1. The number of aliphatic imine (C=N–C) groups is 1. The SMILES string of the molecule is CN=C(NCc1ccc(N2CCOCC2)cc1)NC1CC(C)(C)Oc2ccccc21.I. The fourth-order valence-electron chi connectivity index (χ4n) is 4.12. The quantitative estimate of drug-likeness (QED) is 0.350. The van der Waals surface area contributed by atoms with Crippen LogP contribution in [0.25, 0.3) is 0 Å². The molecule has 2 aromatic rings. The number of fused-ring (bicyclic) bond motifs is 1. The van der Waals surface area contributed by atoms with Gasteiger partial charge in [-0.05, 0) is 37.6 Å². The van der Waals surface area contributed by atoms with Gasteiger partial charge in [0.2, 0.25) is 0 Å². The number of morpholine rings is 1. The minimum absolute atomic E-state index is 0. The predicted octanol–water partition coefficient (Wildman–Crippen LogP) is 4.11. The first-order valence-electron chi connectivity index (χ1n) is 10.7. The Morgan fingerprint density at radius 2 is 1.81 bits per heavy atom. The van der Waals surface area contributed by atoms with Crippen molar-refractivity contribution in [1.29, 1.82) is 0 Å². The van der Waals surface area contributed by atoms with Gasteiger partial charge in [-0.15, -0.1) is 24.0 Å². The first-order chi connectivity index (χ1) is 14.5. The molecule has 7 heteroatoms. The fraction of sp³-hybridized carbons (Fsp3) is 0.458. The Kier molecular flexibility index (Phi) is 8.05. The van der Waals surface area contributed by atoms with Gasteiger partial charge < -0.3 is 25.0 Å².